The van der Waals surface area contributed by atoms with Gasteiger partial charge in [-0.3, -0.25) is 4.99 Å². The van der Waals surface area contributed by atoms with Crippen LogP contribution in [0.4, 0.5) is 0 Å². The van der Waals surface area contributed by atoms with Crippen LogP contribution < -0.4 is 15.4 Å². The number of guanidine groups is 1. The first kappa shape index (κ1) is 22.9. The zero-order valence-electron chi connectivity index (χ0n) is 15.4. The summed E-state index contributed by atoms with van der Waals surface area (Å²) in [5.41, 5.74) is 3.38. The maximum Gasteiger partial charge on any atom is 0.191 e. The van der Waals surface area contributed by atoms with Crippen molar-refractivity contribution in [1.29, 1.82) is 0 Å². The van der Waals surface area contributed by atoms with Gasteiger partial charge in [-0.05, 0) is 31.0 Å². The van der Waals surface area contributed by atoms with Crippen molar-refractivity contribution >= 4 is 53.1 Å². The minimum Gasteiger partial charge on any atom is -0.496 e. The highest BCUT2D eigenvalue weighted by Crippen LogP contribution is 2.25. The van der Waals surface area contributed by atoms with Crippen molar-refractivity contribution in [3.05, 3.63) is 51.3 Å². The number of aryl methyl sites for hydroxylation is 1. The second-order valence-corrected chi connectivity index (χ2v) is 6.52. The van der Waals surface area contributed by atoms with E-state index in [-0.39, 0.29) is 24.0 Å². The number of methoxy groups -OCH3 is 1. The average molecular weight is 511 g/mol. The van der Waals surface area contributed by atoms with Crippen molar-refractivity contribution in [3.8, 4) is 5.75 Å². The number of rotatable bonds is 6. The van der Waals surface area contributed by atoms with Gasteiger partial charge in [-0.15, -0.1) is 24.0 Å². The number of aromatic nitrogens is 1. The molecule has 8 heteroatoms. The Morgan fingerprint density at radius 3 is 2.54 bits per heavy atom. The number of aliphatic imine (C=N–C) groups is 1. The lowest BCUT2D eigenvalue weighted by Crippen LogP contribution is -2.38. The molecular weight excluding hydrogens is 486 g/mol. The normalized spacial score (nSPS) is 11.1. The molecular formula is C18H25Cl2IN4O. The summed E-state index contributed by atoms with van der Waals surface area (Å²) in [6.45, 7) is 3.40. The predicted molar refractivity (Wildman–Crippen MR) is 120 cm³/mol. The maximum absolute atomic E-state index is 6.09. The van der Waals surface area contributed by atoms with Crippen molar-refractivity contribution in [3.63, 3.8) is 0 Å². The van der Waals surface area contributed by atoms with Crippen LogP contribution >= 0.6 is 47.2 Å². The highest BCUT2D eigenvalue weighted by atomic mass is 127. The van der Waals surface area contributed by atoms with Crippen molar-refractivity contribution < 1.29 is 4.74 Å². The molecule has 1 aromatic heterocycles. The molecule has 0 unspecified atom stereocenters. The van der Waals surface area contributed by atoms with Gasteiger partial charge in [0.15, 0.2) is 5.96 Å². The second-order valence-electron chi connectivity index (χ2n) is 5.75. The number of halogens is 3. The zero-order valence-corrected chi connectivity index (χ0v) is 19.2. The lowest BCUT2D eigenvalue weighted by atomic mass is 10.1. The van der Waals surface area contributed by atoms with Gasteiger partial charge in [0.2, 0.25) is 0 Å². The largest absolute Gasteiger partial charge is 0.496 e. The number of nitrogens with one attached hydrogen (secondary N) is 2. The van der Waals surface area contributed by atoms with E-state index in [0.717, 1.165) is 30.4 Å². The molecule has 0 radical (unpaired) electrons. The lowest BCUT2D eigenvalue weighted by Gasteiger charge is -2.14. The molecule has 1 aromatic carbocycles. The molecule has 0 amide bonds. The quantitative estimate of drug-likeness (QED) is 0.348. The Bertz CT molecular complexity index is 762. The Labute approximate surface area is 182 Å². The Balaban J connectivity index is 0.00000338. The van der Waals surface area contributed by atoms with Crippen molar-refractivity contribution in [1.82, 2.24) is 15.2 Å². The highest BCUT2D eigenvalue weighted by Gasteiger charge is 2.09. The van der Waals surface area contributed by atoms with Gasteiger partial charge >= 0.3 is 0 Å². The van der Waals surface area contributed by atoms with E-state index in [0.29, 0.717) is 16.7 Å². The number of ether oxygens (including phenoxy) is 1. The fraction of sp³-hybridized carbons (Fsp3) is 0.389. The fourth-order valence-electron chi connectivity index (χ4n) is 2.57. The molecule has 26 heavy (non-hydrogen) atoms. The van der Waals surface area contributed by atoms with E-state index in [2.05, 4.69) is 28.6 Å². The van der Waals surface area contributed by atoms with Crippen molar-refractivity contribution in [2.45, 2.75) is 19.9 Å². The molecule has 0 aliphatic heterocycles. The summed E-state index contributed by atoms with van der Waals surface area (Å²) in [6.07, 6.45) is 0.841. The third kappa shape index (κ3) is 5.96. The molecule has 2 aromatic rings. The van der Waals surface area contributed by atoms with E-state index >= 15 is 0 Å². The van der Waals surface area contributed by atoms with Crippen LogP contribution in [0.3, 0.4) is 0 Å². The van der Waals surface area contributed by atoms with Crippen LogP contribution in [0.1, 0.15) is 16.8 Å². The minimum absolute atomic E-state index is 0. The first-order valence-electron chi connectivity index (χ1n) is 8.04. The fourth-order valence-corrected chi connectivity index (χ4v) is 2.99. The summed E-state index contributed by atoms with van der Waals surface area (Å²) < 4.78 is 7.26. The number of nitrogens with zero attached hydrogens (tertiary/aromatic N) is 2. The van der Waals surface area contributed by atoms with E-state index in [9.17, 15) is 0 Å². The van der Waals surface area contributed by atoms with E-state index in [1.165, 1.54) is 11.1 Å². The predicted octanol–water partition coefficient (Wildman–Crippen LogP) is 4.17. The molecule has 0 saturated carbocycles. The molecule has 0 saturated heterocycles. The van der Waals surface area contributed by atoms with Crippen LogP contribution in [0.5, 0.6) is 5.75 Å². The smallest absolute Gasteiger partial charge is 0.191 e. The van der Waals surface area contributed by atoms with Crippen LogP contribution in [0.15, 0.2) is 29.3 Å². The number of benzene rings is 1. The van der Waals surface area contributed by atoms with Crippen LogP contribution in [-0.4, -0.2) is 31.2 Å². The van der Waals surface area contributed by atoms with Gasteiger partial charge in [0.05, 0.1) is 18.7 Å². The van der Waals surface area contributed by atoms with Gasteiger partial charge in [0.1, 0.15) is 10.9 Å². The third-order valence-electron chi connectivity index (χ3n) is 4.00. The maximum atomic E-state index is 6.09. The highest BCUT2D eigenvalue weighted by molar-refractivity contribution is 14.0. The lowest BCUT2D eigenvalue weighted by molar-refractivity contribution is 0.409. The van der Waals surface area contributed by atoms with Crippen LogP contribution in [0.2, 0.25) is 10.2 Å². The van der Waals surface area contributed by atoms with Crippen molar-refractivity contribution in [2.75, 3.05) is 20.7 Å². The molecule has 1 heterocycles. The molecule has 0 bridgehead atoms. The van der Waals surface area contributed by atoms with E-state index in [1.54, 1.807) is 14.2 Å². The molecule has 0 fully saturated rings. The minimum atomic E-state index is 0. The summed E-state index contributed by atoms with van der Waals surface area (Å²) in [7, 11) is 5.32. The topological polar surface area (TPSA) is 50.6 Å². The molecule has 2 rings (SSSR count). The van der Waals surface area contributed by atoms with Gasteiger partial charge in [0, 0.05) is 26.3 Å². The van der Waals surface area contributed by atoms with Crippen molar-refractivity contribution in [2.24, 2.45) is 12.0 Å². The second kappa shape index (κ2) is 10.9. The van der Waals surface area contributed by atoms with Gasteiger partial charge in [0.25, 0.3) is 0 Å². The first-order chi connectivity index (χ1) is 12.0. The summed E-state index contributed by atoms with van der Waals surface area (Å²) in [6, 6.07) is 8.04. The van der Waals surface area contributed by atoms with E-state index in [1.807, 2.05) is 29.8 Å². The number of hydrogen-bond acceptors (Lipinski definition) is 2. The summed E-state index contributed by atoms with van der Waals surface area (Å²) >= 11 is 12.1. The average Bonchev–Trinajstić information content (AvgIpc) is 2.85. The number of hydrogen-bond donors (Lipinski definition) is 2. The third-order valence-corrected chi connectivity index (χ3v) is 4.84. The van der Waals surface area contributed by atoms with Crippen LogP contribution in [-0.2, 0) is 20.0 Å². The van der Waals surface area contributed by atoms with Gasteiger partial charge in [-0.25, -0.2) is 0 Å². The van der Waals surface area contributed by atoms with Crippen LogP contribution in [0, 0.1) is 6.92 Å². The molecule has 0 spiro atoms. The molecule has 0 aliphatic rings. The Morgan fingerprint density at radius 1 is 1.23 bits per heavy atom. The molecule has 0 aliphatic carbocycles. The van der Waals surface area contributed by atoms with Crippen LogP contribution in [0.25, 0.3) is 0 Å². The first-order valence-corrected chi connectivity index (χ1v) is 8.79. The molecule has 2 N–H and O–H groups in total. The Morgan fingerprint density at radius 2 is 1.96 bits per heavy atom. The monoisotopic (exact) mass is 510 g/mol. The molecule has 5 nitrogen and oxygen atoms in total. The Hall–Kier alpha value is -1.12. The van der Waals surface area contributed by atoms with E-state index in [4.69, 9.17) is 27.9 Å². The summed E-state index contributed by atoms with van der Waals surface area (Å²) in [5.74, 6) is 1.63. The van der Waals surface area contributed by atoms with E-state index < -0.39 is 0 Å². The summed E-state index contributed by atoms with van der Waals surface area (Å²) in [5, 5.41) is 7.66. The van der Waals surface area contributed by atoms with Gasteiger partial charge in [-0.1, -0.05) is 40.9 Å². The zero-order chi connectivity index (χ0) is 18.4. The van der Waals surface area contributed by atoms with Gasteiger partial charge in [-0.2, -0.15) is 0 Å². The standard InChI is InChI=1S/C18H24Cl2N4O.HI/c1-12-5-6-16(25-4)13(9-12)7-8-22-18(21-2)23-11-14-10-15(19)17(20)24(14)3;/h5-6,9-10H,7-8,11H2,1-4H3,(H2,21,22,23);1H. The van der Waals surface area contributed by atoms with Gasteiger partial charge < -0.3 is 19.9 Å². The molecule has 0 atom stereocenters. The molecule has 144 valence electrons. The SMILES string of the molecule is CN=C(NCCc1cc(C)ccc1OC)NCc1cc(Cl)c(Cl)n1C.I. The Kier molecular flexibility index (Phi) is 9.60. The summed E-state index contributed by atoms with van der Waals surface area (Å²) in [4.78, 5) is 4.24.